The molecule has 0 fully saturated rings. The Bertz CT molecular complexity index is 556. The molecule has 7 nitrogen and oxygen atoms in total. The summed E-state index contributed by atoms with van der Waals surface area (Å²) >= 11 is 1.17. The molecule has 1 aromatic heterocycles. The lowest BCUT2D eigenvalue weighted by Gasteiger charge is -2.22. The SMILES string of the molecule is CCC(C)C(NC(N)=O)C(=O)Nc1sc(C)cc1C(=O)O. The van der Waals surface area contributed by atoms with Crippen LogP contribution in [0.2, 0.25) is 0 Å². The van der Waals surface area contributed by atoms with Crippen molar-refractivity contribution in [1.82, 2.24) is 5.32 Å². The van der Waals surface area contributed by atoms with Crippen LogP contribution in [-0.4, -0.2) is 29.1 Å². The van der Waals surface area contributed by atoms with Crippen LogP contribution in [0.15, 0.2) is 6.07 Å². The Morgan fingerprint density at radius 1 is 1.43 bits per heavy atom. The van der Waals surface area contributed by atoms with Gasteiger partial charge in [-0.2, -0.15) is 0 Å². The molecule has 5 N–H and O–H groups in total. The maximum absolute atomic E-state index is 12.3. The van der Waals surface area contributed by atoms with Gasteiger partial charge in [0.2, 0.25) is 5.91 Å². The van der Waals surface area contributed by atoms with Gasteiger partial charge in [-0.1, -0.05) is 20.3 Å². The Hall–Kier alpha value is -2.09. The fourth-order valence-corrected chi connectivity index (χ4v) is 2.72. The standard InChI is InChI=1S/C13H19N3O4S/c1-4-6(2)9(15-13(14)20)10(17)16-11-8(12(18)19)5-7(3)21-11/h5-6,9H,4H2,1-3H3,(H,16,17)(H,18,19)(H3,14,15,20). The maximum Gasteiger partial charge on any atom is 0.338 e. The average Bonchev–Trinajstić information content (AvgIpc) is 2.75. The first-order valence-electron chi connectivity index (χ1n) is 6.46. The van der Waals surface area contributed by atoms with E-state index in [1.165, 1.54) is 17.4 Å². The van der Waals surface area contributed by atoms with E-state index in [2.05, 4.69) is 10.6 Å². The van der Waals surface area contributed by atoms with Gasteiger partial charge in [0.1, 0.15) is 11.0 Å². The monoisotopic (exact) mass is 313 g/mol. The van der Waals surface area contributed by atoms with Crippen molar-refractivity contribution in [3.05, 3.63) is 16.5 Å². The topological polar surface area (TPSA) is 122 Å². The van der Waals surface area contributed by atoms with E-state index in [1.807, 2.05) is 6.92 Å². The minimum atomic E-state index is -1.11. The molecule has 1 aromatic rings. The number of anilines is 1. The molecule has 21 heavy (non-hydrogen) atoms. The van der Waals surface area contributed by atoms with Crippen molar-refractivity contribution in [1.29, 1.82) is 0 Å². The van der Waals surface area contributed by atoms with E-state index in [-0.39, 0.29) is 16.5 Å². The summed E-state index contributed by atoms with van der Waals surface area (Å²) in [6.07, 6.45) is 0.660. The zero-order valence-corrected chi connectivity index (χ0v) is 12.9. The first kappa shape index (κ1) is 17.0. The zero-order chi connectivity index (χ0) is 16.2. The van der Waals surface area contributed by atoms with Gasteiger partial charge in [-0.15, -0.1) is 11.3 Å². The number of carboxylic acid groups (broad SMARTS) is 1. The lowest BCUT2D eigenvalue weighted by Crippen LogP contribution is -2.49. The van der Waals surface area contributed by atoms with E-state index >= 15 is 0 Å². The van der Waals surface area contributed by atoms with Crippen LogP contribution in [0.25, 0.3) is 0 Å². The quantitative estimate of drug-likeness (QED) is 0.639. The van der Waals surface area contributed by atoms with Gasteiger partial charge < -0.3 is 21.5 Å². The summed E-state index contributed by atoms with van der Waals surface area (Å²) in [5, 5.41) is 14.3. The number of urea groups is 1. The summed E-state index contributed by atoms with van der Waals surface area (Å²) in [5.74, 6) is -1.73. The number of nitrogens with one attached hydrogen (secondary N) is 2. The Kier molecular flexibility index (Phi) is 5.71. The first-order chi connectivity index (χ1) is 9.76. The summed E-state index contributed by atoms with van der Waals surface area (Å²) in [7, 11) is 0. The fourth-order valence-electron chi connectivity index (χ4n) is 1.81. The molecule has 1 heterocycles. The van der Waals surface area contributed by atoms with E-state index in [0.717, 1.165) is 4.88 Å². The van der Waals surface area contributed by atoms with Crippen LogP contribution in [-0.2, 0) is 4.79 Å². The molecule has 0 aliphatic rings. The highest BCUT2D eigenvalue weighted by atomic mass is 32.1. The summed E-state index contributed by atoms with van der Waals surface area (Å²) in [4.78, 5) is 35.2. The van der Waals surface area contributed by atoms with Crippen LogP contribution in [0.1, 0.15) is 35.5 Å². The number of carbonyl (C=O) groups is 3. The number of primary amides is 1. The zero-order valence-electron chi connectivity index (χ0n) is 12.1. The Morgan fingerprint density at radius 3 is 2.52 bits per heavy atom. The predicted octanol–water partition coefficient (Wildman–Crippen LogP) is 1.78. The number of thiophene rings is 1. The third kappa shape index (κ3) is 4.45. The lowest BCUT2D eigenvalue weighted by atomic mass is 9.98. The third-order valence-corrected chi connectivity index (χ3v) is 4.08. The van der Waals surface area contributed by atoms with Crippen molar-refractivity contribution >= 4 is 34.2 Å². The van der Waals surface area contributed by atoms with Crippen molar-refractivity contribution in [2.45, 2.75) is 33.2 Å². The Morgan fingerprint density at radius 2 is 2.05 bits per heavy atom. The second kappa shape index (κ2) is 7.07. The number of carboxylic acids is 1. The summed E-state index contributed by atoms with van der Waals surface area (Å²) in [5.41, 5.74) is 5.11. The van der Waals surface area contributed by atoms with Crippen LogP contribution in [0, 0.1) is 12.8 Å². The van der Waals surface area contributed by atoms with Gasteiger partial charge in [0.15, 0.2) is 0 Å². The smallest absolute Gasteiger partial charge is 0.338 e. The average molecular weight is 313 g/mol. The summed E-state index contributed by atoms with van der Waals surface area (Å²) < 4.78 is 0. The Labute approximate surface area is 126 Å². The van der Waals surface area contributed by atoms with Gasteiger partial charge in [-0.25, -0.2) is 9.59 Å². The molecule has 0 spiro atoms. The molecule has 0 radical (unpaired) electrons. The molecule has 3 amide bonds. The minimum absolute atomic E-state index is 0.0350. The highest BCUT2D eigenvalue weighted by Gasteiger charge is 2.27. The number of aryl methyl sites for hydroxylation is 1. The van der Waals surface area contributed by atoms with Gasteiger partial charge in [0.25, 0.3) is 0 Å². The highest BCUT2D eigenvalue weighted by Crippen LogP contribution is 2.28. The number of aromatic carboxylic acids is 1. The fraction of sp³-hybridized carbons (Fsp3) is 0.462. The third-order valence-electron chi connectivity index (χ3n) is 3.12. The van der Waals surface area contributed by atoms with Crippen LogP contribution in [0.4, 0.5) is 9.80 Å². The van der Waals surface area contributed by atoms with Crippen molar-refractivity contribution < 1.29 is 19.5 Å². The molecule has 0 aliphatic heterocycles. The second-order valence-electron chi connectivity index (χ2n) is 4.77. The van der Waals surface area contributed by atoms with E-state index in [0.29, 0.717) is 6.42 Å². The summed E-state index contributed by atoms with van der Waals surface area (Å²) in [6, 6.07) is -0.115. The van der Waals surface area contributed by atoms with E-state index in [9.17, 15) is 14.4 Å². The van der Waals surface area contributed by atoms with E-state index in [4.69, 9.17) is 10.8 Å². The minimum Gasteiger partial charge on any atom is -0.478 e. The second-order valence-corrected chi connectivity index (χ2v) is 6.02. The molecular weight excluding hydrogens is 294 g/mol. The number of amides is 3. The number of rotatable bonds is 6. The number of carbonyl (C=O) groups excluding carboxylic acids is 2. The van der Waals surface area contributed by atoms with Gasteiger partial charge >= 0.3 is 12.0 Å². The van der Waals surface area contributed by atoms with Crippen LogP contribution < -0.4 is 16.4 Å². The van der Waals surface area contributed by atoms with Gasteiger partial charge in [0, 0.05) is 4.88 Å². The molecule has 1 rings (SSSR count). The van der Waals surface area contributed by atoms with Crippen LogP contribution in [0.5, 0.6) is 0 Å². The molecule has 0 aromatic carbocycles. The molecule has 0 bridgehead atoms. The number of hydrogen-bond donors (Lipinski definition) is 4. The number of nitrogens with two attached hydrogens (primary N) is 1. The normalized spacial score (nSPS) is 13.3. The van der Waals surface area contributed by atoms with Crippen molar-refractivity contribution in [3.63, 3.8) is 0 Å². The van der Waals surface area contributed by atoms with Gasteiger partial charge in [-0.05, 0) is 18.9 Å². The van der Waals surface area contributed by atoms with Crippen LogP contribution in [0.3, 0.4) is 0 Å². The van der Waals surface area contributed by atoms with Gasteiger partial charge in [0.05, 0.1) is 5.56 Å². The molecule has 116 valence electrons. The molecule has 0 aliphatic carbocycles. The molecule has 2 atom stereocenters. The highest BCUT2D eigenvalue weighted by molar-refractivity contribution is 7.16. The molecular formula is C13H19N3O4S. The van der Waals surface area contributed by atoms with Crippen LogP contribution >= 0.6 is 11.3 Å². The first-order valence-corrected chi connectivity index (χ1v) is 7.28. The largest absolute Gasteiger partial charge is 0.478 e. The van der Waals surface area contributed by atoms with Crippen molar-refractivity contribution in [2.24, 2.45) is 11.7 Å². The predicted molar refractivity (Wildman–Crippen MR) is 80.6 cm³/mol. The van der Waals surface area contributed by atoms with Crippen molar-refractivity contribution in [3.8, 4) is 0 Å². The maximum atomic E-state index is 12.3. The summed E-state index contributed by atoms with van der Waals surface area (Å²) in [6.45, 7) is 5.43. The molecule has 2 unspecified atom stereocenters. The van der Waals surface area contributed by atoms with Crippen molar-refractivity contribution in [2.75, 3.05) is 5.32 Å². The Balaban J connectivity index is 2.96. The molecule has 0 saturated carbocycles. The van der Waals surface area contributed by atoms with Gasteiger partial charge in [-0.3, -0.25) is 4.79 Å². The van der Waals surface area contributed by atoms with E-state index < -0.39 is 23.9 Å². The molecule has 8 heteroatoms. The van der Waals surface area contributed by atoms with E-state index in [1.54, 1.807) is 13.8 Å². The lowest BCUT2D eigenvalue weighted by molar-refractivity contribution is -0.119. The molecule has 0 saturated heterocycles. The number of hydrogen-bond acceptors (Lipinski definition) is 4.